The molecule has 0 aliphatic carbocycles. The highest BCUT2D eigenvalue weighted by atomic mass is 16.5. The van der Waals surface area contributed by atoms with Crippen molar-refractivity contribution in [3.63, 3.8) is 0 Å². The number of rotatable bonds is 6. The van der Waals surface area contributed by atoms with Crippen molar-refractivity contribution < 1.29 is 24.2 Å². The number of nitrogens with one attached hydrogen (secondary N) is 1. The first-order valence-electron chi connectivity index (χ1n) is 7.99. The van der Waals surface area contributed by atoms with Crippen LogP contribution in [-0.2, 0) is 14.3 Å². The molecule has 0 saturated carbocycles. The molecule has 0 spiro atoms. The summed E-state index contributed by atoms with van der Waals surface area (Å²) in [6.07, 6.45) is 0.198. The zero-order valence-corrected chi connectivity index (χ0v) is 13.8. The molecule has 6 heteroatoms. The molecule has 6 nitrogen and oxygen atoms in total. The fourth-order valence-corrected chi connectivity index (χ4v) is 2.94. The third-order valence-corrected chi connectivity index (χ3v) is 4.17. The van der Waals surface area contributed by atoms with Crippen molar-refractivity contribution in [2.24, 2.45) is 0 Å². The summed E-state index contributed by atoms with van der Waals surface area (Å²) >= 11 is 0. The average Bonchev–Trinajstić information content (AvgIpc) is 2.62. The van der Waals surface area contributed by atoms with Gasteiger partial charge in [0, 0.05) is 31.3 Å². The summed E-state index contributed by atoms with van der Waals surface area (Å²) in [6.45, 7) is 0.248. The minimum atomic E-state index is -1.08. The van der Waals surface area contributed by atoms with Crippen molar-refractivity contribution in [1.82, 2.24) is 5.32 Å². The van der Waals surface area contributed by atoms with Crippen molar-refractivity contribution in [1.29, 1.82) is 0 Å². The van der Waals surface area contributed by atoms with Crippen LogP contribution >= 0.6 is 0 Å². The molecule has 1 aliphatic rings. The van der Waals surface area contributed by atoms with E-state index in [0.717, 1.165) is 11.1 Å². The zero-order chi connectivity index (χ0) is 17.8. The lowest BCUT2D eigenvalue weighted by Crippen LogP contribution is -2.44. The number of para-hydroxylation sites is 2. The van der Waals surface area contributed by atoms with Crippen LogP contribution in [0.1, 0.15) is 23.5 Å². The highest BCUT2D eigenvalue weighted by Crippen LogP contribution is 2.43. The second kappa shape index (κ2) is 7.36. The monoisotopic (exact) mass is 341 g/mol. The number of benzene rings is 2. The minimum Gasteiger partial charge on any atom is -0.480 e. The van der Waals surface area contributed by atoms with Crippen molar-refractivity contribution in [3.05, 3.63) is 59.7 Å². The second-order valence-electron chi connectivity index (χ2n) is 5.79. The SMILES string of the molecule is COCCC(NC(=O)C1c2ccccc2Oc2ccccc21)C(=O)O. The van der Waals surface area contributed by atoms with Gasteiger partial charge in [0.25, 0.3) is 0 Å². The maximum Gasteiger partial charge on any atom is 0.326 e. The first-order valence-corrected chi connectivity index (χ1v) is 7.99. The van der Waals surface area contributed by atoms with E-state index in [1.807, 2.05) is 36.4 Å². The zero-order valence-electron chi connectivity index (χ0n) is 13.8. The molecule has 0 bridgehead atoms. The summed E-state index contributed by atoms with van der Waals surface area (Å²) in [5.74, 6) is -0.869. The van der Waals surface area contributed by atoms with E-state index in [1.165, 1.54) is 7.11 Å². The first-order chi connectivity index (χ1) is 12.1. The number of ether oxygens (including phenoxy) is 2. The third kappa shape index (κ3) is 3.49. The Morgan fingerprint density at radius 3 is 2.20 bits per heavy atom. The van der Waals surface area contributed by atoms with E-state index >= 15 is 0 Å². The smallest absolute Gasteiger partial charge is 0.326 e. The topological polar surface area (TPSA) is 84.9 Å². The molecule has 2 N–H and O–H groups in total. The van der Waals surface area contributed by atoms with Gasteiger partial charge in [-0.1, -0.05) is 36.4 Å². The molecule has 1 atom stereocenters. The summed E-state index contributed by atoms with van der Waals surface area (Å²) in [5.41, 5.74) is 1.43. The van der Waals surface area contributed by atoms with Crippen LogP contribution < -0.4 is 10.1 Å². The van der Waals surface area contributed by atoms with Gasteiger partial charge in [-0.25, -0.2) is 4.79 Å². The highest BCUT2D eigenvalue weighted by molar-refractivity contribution is 5.92. The number of hydrogen-bond donors (Lipinski definition) is 2. The van der Waals surface area contributed by atoms with Crippen LogP contribution in [0.25, 0.3) is 0 Å². The van der Waals surface area contributed by atoms with E-state index in [1.54, 1.807) is 12.1 Å². The molecule has 2 aromatic carbocycles. The van der Waals surface area contributed by atoms with Crippen LogP contribution in [0.3, 0.4) is 0 Å². The normalized spacial score (nSPS) is 14.0. The lowest BCUT2D eigenvalue weighted by Gasteiger charge is -2.28. The van der Waals surface area contributed by atoms with Gasteiger partial charge in [0.05, 0.1) is 5.92 Å². The molecule has 130 valence electrons. The van der Waals surface area contributed by atoms with Crippen molar-refractivity contribution in [3.8, 4) is 11.5 Å². The molecule has 0 radical (unpaired) electrons. The molecule has 2 aromatic rings. The van der Waals surface area contributed by atoms with E-state index in [0.29, 0.717) is 11.5 Å². The minimum absolute atomic E-state index is 0.198. The van der Waals surface area contributed by atoms with Crippen molar-refractivity contribution in [2.75, 3.05) is 13.7 Å². The maximum atomic E-state index is 12.9. The molecule has 25 heavy (non-hydrogen) atoms. The van der Waals surface area contributed by atoms with Gasteiger partial charge in [0.15, 0.2) is 0 Å². The fourth-order valence-electron chi connectivity index (χ4n) is 2.94. The van der Waals surface area contributed by atoms with Crippen LogP contribution in [0.15, 0.2) is 48.5 Å². The standard InChI is InChI=1S/C19H19NO5/c1-24-11-10-14(19(22)23)20-18(21)17-12-6-2-4-8-15(12)25-16-9-5-3-7-13(16)17/h2-9,14,17H,10-11H2,1H3,(H,20,21)(H,22,23). The van der Waals surface area contributed by atoms with E-state index in [4.69, 9.17) is 9.47 Å². The molecular formula is C19H19NO5. The number of fused-ring (bicyclic) bond motifs is 2. The summed E-state index contributed by atoms with van der Waals surface area (Å²) in [5, 5.41) is 12.0. The van der Waals surface area contributed by atoms with Crippen LogP contribution in [0.5, 0.6) is 11.5 Å². The van der Waals surface area contributed by atoms with Crippen molar-refractivity contribution >= 4 is 11.9 Å². The Bertz CT molecular complexity index is 743. The third-order valence-electron chi connectivity index (χ3n) is 4.17. The summed E-state index contributed by atoms with van der Waals surface area (Å²) in [6, 6.07) is 13.6. The number of methoxy groups -OCH3 is 1. The molecule has 0 fully saturated rings. The van der Waals surface area contributed by atoms with Crippen LogP contribution in [0, 0.1) is 0 Å². The Morgan fingerprint density at radius 2 is 1.68 bits per heavy atom. The van der Waals surface area contributed by atoms with Crippen molar-refractivity contribution in [2.45, 2.75) is 18.4 Å². The molecule has 1 amide bonds. The van der Waals surface area contributed by atoms with Crippen LogP contribution in [-0.4, -0.2) is 36.7 Å². The quantitative estimate of drug-likeness (QED) is 0.843. The second-order valence-corrected chi connectivity index (χ2v) is 5.79. The van der Waals surface area contributed by atoms with Gasteiger partial charge in [-0.2, -0.15) is 0 Å². The predicted molar refractivity (Wildman–Crippen MR) is 90.9 cm³/mol. The summed E-state index contributed by atoms with van der Waals surface area (Å²) < 4.78 is 10.8. The number of carbonyl (C=O) groups is 2. The molecule has 1 heterocycles. The predicted octanol–water partition coefficient (Wildman–Crippen LogP) is 2.53. The van der Waals surface area contributed by atoms with Crippen LogP contribution in [0.2, 0.25) is 0 Å². The Morgan fingerprint density at radius 1 is 1.12 bits per heavy atom. The van der Waals surface area contributed by atoms with Gasteiger partial charge >= 0.3 is 5.97 Å². The van der Waals surface area contributed by atoms with E-state index in [9.17, 15) is 14.7 Å². The summed E-state index contributed by atoms with van der Waals surface area (Å²) in [4.78, 5) is 24.4. The Kier molecular flexibility index (Phi) is 5.00. The Balaban J connectivity index is 1.93. The molecule has 1 unspecified atom stereocenters. The summed E-state index contributed by atoms with van der Waals surface area (Å²) in [7, 11) is 1.49. The van der Waals surface area contributed by atoms with E-state index in [-0.39, 0.29) is 18.9 Å². The number of amides is 1. The lowest BCUT2D eigenvalue weighted by atomic mass is 9.87. The van der Waals surface area contributed by atoms with E-state index in [2.05, 4.69) is 5.32 Å². The van der Waals surface area contributed by atoms with Gasteiger partial charge < -0.3 is 19.9 Å². The molecule has 0 saturated heterocycles. The number of hydrogen-bond acceptors (Lipinski definition) is 4. The Hall–Kier alpha value is -2.86. The largest absolute Gasteiger partial charge is 0.480 e. The van der Waals surface area contributed by atoms with Crippen LogP contribution in [0.4, 0.5) is 0 Å². The maximum absolute atomic E-state index is 12.9. The van der Waals surface area contributed by atoms with Gasteiger partial charge in [0.1, 0.15) is 17.5 Å². The lowest BCUT2D eigenvalue weighted by molar-refractivity contribution is -0.142. The number of carbonyl (C=O) groups excluding carboxylic acids is 1. The fraction of sp³-hybridized carbons (Fsp3) is 0.263. The molecule has 3 rings (SSSR count). The average molecular weight is 341 g/mol. The number of carboxylic acid groups (broad SMARTS) is 1. The molecule has 1 aliphatic heterocycles. The first kappa shape index (κ1) is 17.0. The van der Waals surface area contributed by atoms with Gasteiger partial charge in [-0.05, 0) is 12.1 Å². The number of carboxylic acids is 1. The molecular weight excluding hydrogens is 322 g/mol. The van der Waals surface area contributed by atoms with Gasteiger partial charge in [-0.15, -0.1) is 0 Å². The number of aliphatic carboxylic acids is 1. The highest BCUT2D eigenvalue weighted by Gasteiger charge is 2.34. The molecule has 0 aromatic heterocycles. The van der Waals surface area contributed by atoms with Gasteiger partial charge in [0.2, 0.25) is 5.91 Å². The van der Waals surface area contributed by atoms with E-state index < -0.39 is 17.9 Å². The van der Waals surface area contributed by atoms with Gasteiger partial charge in [-0.3, -0.25) is 4.79 Å². The Labute approximate surface area is 145 Å².